The molecular formula is C29H24BrNO3. The second-order valence-corrected chi connectivity index (χ2v) is 8.86. The molecule has 4 nitrogen and oxygen atoms in total. The van der Waals surface area contributed by atoms with Crippen molar-refractivity contribution in [2.24, 2.45) is 0 Å². The van der Waals surface area contributed by atoms with Crippen LogP contribution >= 0.6 is 15.9 Å². The molecule has 1 amide bonds. The lowest BCUT2D eigenvalue weighted by Gasteiger charge is -2.35. The van der Waals surface area contributed by atoms with Gasteiger partial charge in [-0.15, -0.1) is 0 Å². The van der Waals surface area contributed by atoms with Crippen LogP contribution in [0.25, 0.3) is 0 Å². The molecule has 34 heavy (non-hydrogen) atoms. The summed E-state index contributed by atoms with van der Waals surface area (Å²) in [4.78, 5) is 26.5. The van der Waals surface area contributed by atoms with Gasteiger partial charge in [-0.1, -0.05) is 125 Å². The van der Waals surface area contributed by atoms with Gasteiger partial charge in [0.15, 0.2) is 0 Å². The minimum Gasteiger partial charge on any atom is -0.480 e. The van der Waals surface area contributed by atoms with Gasteiger partial charge in [0, 0.05) is 10.9 Å². The number of carbonyl (C=O) groups excluding carboxylic acids is 1. The van der Waals surface area contributed by atoms with Gasteiger partial charge in [0.05, 0.1) is 0 Å². The Hall–Kier alpha value is -3.70. The van der Waals surface area contributed by atoms with Crippen molar-refractivity contribution in [1.29, 1.82) is 0 Å². The lowest BCUT2D eigenvalue weighted by atomic mass is 9.68. The molecule has 4 aromatic carbocycles. The Morgan fingerprint density at radius 1 is 0.706 bits per heavy atom. The van der Waals surface area contributed by atoms with Crippen LogP contribution < -0.4 is 5.32 Å². The molecule has 0 fully saturated rings. The number of hydrogen-bond acceptors (Lipinski definition) is 2. The van der Waals surface area contributed by atoms with Gasteiger partial charge >= 0.3 is 5.97 Å². The van der Waals surface area contributed by atoms with Crippen LogP contribution in [0.5, 0.6) is 0 Å². The van der Waals surface area contributed by atoms with E-state index in [1.807, 2.05) is 115 Å². The molecule has 4 rings (SSSR count). The Bertz CT molecular complexity index is 1160. The summed E-state index contributed by atoms with van der Waals surface area (Å²) < 4.78 is 0.802. The molecular weight excluding hydrogens is 490 g/mol. The number of rotatable bonds is 8. The van der Waals surface area contributed by atoms with Gasteiger partial charge in [-0.2, -0.15) is 0 Å². The molecule has 0 aliphatic carbocycles. The highest BCUT2D eigenvalue weighted by Gasteiger charge is 2.45. The smallest absolute Gasteiger partial charge is 0.326 e. The molecule has 0 aromatic heterocycles. The number of aliphatic carboxylic acids is 1. The van der Waals surface area contributed by atoms with E-state index < -0.39 is 23.3 Å². The zero-order valence-electron chi connectivity index (χ0n) is 18.4. The van der Waals surface area contributed by atoms with Gasteiger partial charge in [0.25, 0.3) is 0 Å². The van der Waals surface area contributed by atoms with Crippen LogP contribution in [0.3, 0.4) is 0 Å². The van der Waals surface area contributed by atoms with Crippen LogP contribution in [0, 0.1) is 0 Å². The highest BCUT2D eigenvalue weighted by Crippen LogP contribution is 2.39. The number of halogens is 1. The maximum Gasteiger partial charge on any atom is 0.326 e. The number of carboxylic acid groups (broad SMARTS) is 1. The zero-order chi connectivity index (χ0) is 24.0. The third-order valence-electron chi connectivity index (χ3n) is 5.95. The monoisotopic (exact) mass is 513 g/mol. The molecule has 5 heteroatoms. The summed E-state index contributed by atoms with van der Waals surface area (Å²) in [6, 6.07) is 34.8. The first-order valence-corrected chi connectivity index (χ1v) is 11.8. The Balaban J connectivity index is 1.85. The molecule has 0 saturated carbocycles. The minimum absolute atomic E-state index is 0.150. The number of carbonyl (C=O) groups is 2. The third kappa shape index (κ3) is 4.66. The number of benzene rings is 4. The van der Waals surface area contributed by atoms with Crippen molar-refractivity contribution in [3.05, 3.63) is 142 Å². The van der Waals surface area contributed by atoms with Gasteiger partial charge in [0.1, 0.15) is 11.5 Å². The third-order valence-corrected chi connectivity index (χ3v) is 6.72. The van der Waals surface area contributed by atoms with Crippen molar-refractivity contribution in [1.82, 2.24) is 5.32 Å². The Morgan fingerprint density at radius 2 is 1.12 bits per heavy atom. The van der Waals surface area contributed by atoms with Crippen molar-refractivity contribution in [2.45, 2.75) is 17.9 Å². The van der Waals surface area contributed by atoms with E-state index in [1.165, 1.54) is 0 Å². The molecule has 0 aliphatic heterocycles. The largest absolute Gasteiger partial charge is 0.480 e. The van der Waals surface area contributed by atoms with E-state index in [2.05, 4.69) is 21.2 Å². The van der Waals surface area contributed by atoms with Crippen LogP contribution in [-0.2, 0) is 21.4 Å². The predicted molar refractivity (Wildman–Crippen MR) is 137 cm³/mol. The first kappa shape index (κ1) is 23.5. The first-order valence-electron chi connectivity index (χ1n) is 11.0. The fraction of sp³-hybridized carbons (Fsp3) is 0.103. The summed E-state index contributed by atoms with van der Waals surface area (Å²) in [5.74, 6) is -1.48. The fourth-order valence-electron chi connectivity index (χ4n) is 4.31. The average Bonchev–Trinajstić information content (AvgIpc) is 2.87. The van der Waals surface area contributed by atoms with Crippen LogP contribution in [0.1, 0.15) is 22.3 Å². The minimum atomic E-state index is -1.23. The van der Waals surface area contributed by atoms with E-state index in [4.69, 9.17) is 0 Å². The van der Waals surface area contributed by atoms with Crippen molar-refractivity contribution in [3.63, 3.8) is 0 Å². The second kappa shape index (κ2) is 10.5. The van der Waals surface area contributed by atoms with Crippen LogP contribution in [0.2, 0.25) is 0 Å². The maximum atomic E-state index is 14.3. The maximum absolute atomic E-state index is 14.3. The highest BCUT2D eigenvalue weighted by molar-refractivity contribution is 9.10. The molecule has 0 bridgehead atoms. The van der Waals surface area contributed by atoms with Gasteiger partial charge in [-0.25, -0.2) is 4.79 Å². The fourth-order valence-corrected chi connectivity index (χ4v) is 4.75. The summed E-state index contributed by atoms with van der Waals surface area (Å²) in [6.07, 6.45) is 0.150. The first-order chi connectivity index (χ1) is 16.5. The summed E-state index contributed by atoms with van der Waals surface area (Å²) in [7, 11) is 0. The topological polar surface area (TPSA) is 66.4 Å². The van der Waals surface area contributed by atoms with Crippen molar-refractivity contribution in [2.75, 3.05) is 0 Å². The lowest BCUT2D eigenvalue weighted by Crippen LogP contribution is -2.52. The molecule has 0 radical (unpaired) electrons. The Morgan fingerprint density at radius 3 is 1.53 bits per heavy atom. The molecule has 1 atom stereocenters. The van der Waals surface area contributed by atoms with Crippen molar-refractivity contribution in [3.8, 4) is 0 Å². The van der Waals surface area contributed by atoms with E-state index in [1.54, 1.807) is 0 Å². The van der Waals surface area contributed by atoms with Gasteiger partial charge in [-0.05, 0) is 28.3 Å². The van der Waals surface area contributed by atoms with E-state index in [0.29, 0.717) is 0 Å². The predicted octanol–water partition coefficient (Wildman–Crippen LogP) is 5.60. The van der Waals surface area contributed by atoms with Crippen LogP contribution in [-0.4, -0.2) is 23.0 Å². The molecule has 170 valence electrons. The number of nitrogens with one attached hydrogen (secondary N) is 1. The molecule has 4 aromatic rings. The normalized spacial score (nSPS) is 12.0. The van der Waals surface area contributed by atoms with E-state index in [-0.39, 0.29) is 6.42 Å². The standard InChI is InChI=1S/C29H24BrNO3/c30-25-19-11-10-12-21(25)20-26(27(32)33)31-28(34)29(22-13-4-1-5-14-22,23-15-6-2-7-16-23)24-17-8-3-9-18-24/h1-19,26H,20H2,(H,31,34)(H,32,33)/t26-/m0/s1. The summed E-state index contributed by atoms with van der Waals surface area (Å²) >= 11 is 3.48. The Labute approximate surface area is 207 Å². The van der Waals surface area contributed by atoms with Gasteiger partial charge in [0.2, 0.25) is 5.91 Å². The average molecular weight is 514 g/mol. The summed E-state index contributed by atoms with van der Waals surface area (Å²) in [5, 5.41) is 12.9. The zero-order valence-corrected chi connectivity index (χ0v) is 20.0. The number of carboxylic acids is 1. The van der Waals surface area contributed by atoms with Crippen LogP contribution in [0.15, 0.2) is 120 Å². The molecule has 0 heterocycles. The Kier molecular flexibility index (Phi) is 7.24. The van der Waals surface area contributed by atoms with Crippen LogP contribution in [0.4, 0.5) is 0 Å². The van der Waals surface area contributed by atoms with Crippen molar-refractivity contribution < 1.29 is 14.7 Å². The molecule has 2 N–H and O–H groups in total. The summed E-state index contributed by atoms with van der Waals surface area (Å²) in [6.45, 7) is 0. The van der Waals surface area contributed by atoms with E-state index in [0.717, 1.165) is 26.7 Å². The SMILES string of the molecule is O=C(O)[C@H](Cc1ccccc1Br)NC(=O)C(c1ccccc1)(c1ccccc1)c1ccccc1. The number of amides is 1. The molecule has 0 spiro atoms. The van der Waals surface area contributed by atoms with Gasteiger partial charge < -0.3 is 10.4 Å². The quantitative estimate of drug-likeness (QED) is 0.301. The van der Waals surface area contributed by atoms with Crippen molar-refractivity contribution >= 4 is 27.8 Å². The van der Waals surface area contributed by atoms with Gasteiger partial charge in [-0.3, -0.25) is 4.79 Å². The molecule has 0 saturated heterocycles. The lowest BCUT2D eigenvalue weighted by molar-refractivity contribution is -0.142. The second-order valence-electron chi connectivity index (χ2n) is 8.01. The molecule has 0 unspecified atom stereocenters. The molecule has 0 aliphatic rings. The number of hydrogen-bond donors (Lipinski definition) is 2. The summed E-state index contributed by atoms with van der Waals surface area (Å²) in [5.41, 5.74) is 1.85. The van der Waals surface area contributed by atoms with E-state index in [9.17, 15) is 14.7 Å². The highest BCUT2D eigenvalue weighted by atomic mass is 79.9. The van der Waals surface area contributed by atoms with E-state index >= 15 is 0 Å².